The first-order chi connectivity index (χ1) is 5.04. The lowest BCUT2D eigenvalue weighted by atomic mass is 10.2. The van der Waals surface area contributed by atoms with Crippen molar-refractivity contribution in [1.82, 2.24) is 4.90 Å². The second-order valence-electron chi connectivity index (χ2n) is 2.23. The number of rotatable bonds is 0. The quantitative estimate of drug-likeness (QED) is 0.531. The summed E-state index contributed by atoms with van der Waals surface area (Å²) in [6, 6.07) is -0.799. The van der Waals surface area contributed by atoms with Crippen LogP contribution in [0.2, 0.25) is 0 Å². The van der Waals surface area contributed by atoms with Gasteiger partial charge >= 0.3 is 6.09 Å². The van der Waals surface area contributed by atoms with Gasteiger partial charge in [-0.05, 0) is 6.92 Å². The summed E-state index contributed by atoms with van der Waals surface area (Å²) in [6.07, 6.45) is -0.421. The number of hydrogen-bond acceptors (Lipinski definition) is 3. The van der Waals surface area contributed by atoms with E-state index in [0.29, 0.717) is 4.90 Å². The molecule has 2 N–H and O–H groups in total. The number of hydrogen-bond donors (Lipinski definition) is 2. The van der Waals surface area contributed by atoms with Crippen LogP contribution in [0.4, 0.5) is 4.79 Å². The van der Waals surface area contributed by atoms with E-state index in [0.717, 1.165) is 6.08 Å². The molecule has 60 valence electrons. The number of carbonyl (C=O) groups is 2. The molecule has 0 spiro atoms. The summed E-state index contributed by atoms with van der Waals surface area (Å²) >= 11 is 0. The Morgan fingerprint density at radius 2 is 2.27 bits per heavy atom. The number of aliphatic hydroxyl groups is 1. The van der Waals surface area contributed by atoms with Gasteiger partial charge in [-0.3, -0.25) is 4.79 Å². The molecule has 1 atom stereocenters. The van der Waals surface area contributed by atoms with Gasteiger partial charge in [0.25, 0.3) is 0 Å². The number of aliphatic hydroxyl groups excluding tert-OH is 1. The van der Waals surface area contributed by atoms with Crippen LogP contribution in [0.5, 0.6) is 0 Å². The van der Waals surface area contributed by atoms with Crippen molar-refractivity contribution in [3.63, 3.8) is 0 Å². The molecule has 0 aromatic carbocycles. The lowest BCUT2D eigenvalue weighted by Gasteiger charge is -2.15. The summed E-state index contributed by atoms with van der Waals surface area (Å²) in [5.74, 6) is -0.903. The van der Waals surface area contributed by atoms with E-state index in [9.17, 15) is 9.59 Å². The zero-order valence-corrected chi connectivity index (χ0v) is 5.81. The topological polar surface area (TPSA) is 77.8 Å². The van der Waals surface area contributed by atoms with Crippen molar-refractivity contribution < 1.29 is 19.8 Å². The third-order valence-corrected chi connectivity index (χ3v) is 1.52. The van der Waals surface area contributed by atoms with E-state index in [-0.39, 0.29) is 0 Å². The molecule has 0 radical (unpaired) electrons. The molecule has 1 amide bonds. The first-order valence-electron chi connectivity index (χ1n) is 3.00. The van der Waals surface area contributed by atoms with Gasteiger partial charge in [0.15, 0.2) is 5.78 Å². The molecule has 5 heteroatoms. The van der Waals surface area contributed by atoms with E-state index < -0.39 is 23.8 Å². The molecule has 0 aromatic heterocycles. The minimum absolute atomic E-state index is 0.398. The van der Waals surface area contributed by atoms with E-state index in [1.807, 2.05) is 0 Å². The SMILES string of the molecule is C[C@H]1C(=O)C=C(O)N1C(=O)O. The second-order valence-corrected chi connectivity index (χ2v) is 2.23. The van der Waals surface area contributed by atoms with Crippen LogP contribution in [0.25, 0.3) is 0 Å². The molecule has 0 bridgehead atoms. The van der Waals surface area contributed by atoms with Gasteiger partial charge in [0.2, 0.25) is 5.88 Å². The number of ketones is 1. The molecule has 5 nitrogen and oxygen atoms in total. The number of amides is 1. The molecule has 0 unspecified atom stereocenters. The average molecular weight is 157 g/mol. The van der Waals surface area contributed by atoms with E-state index in [1.165, 1.54) is 6.92 Å². The molecule has 0 fully saturated rings. The summed E-state index contributed by atoms with van der Waals surface area (Å²) in [6.45, 7) is 1.41. The predicted molar refractivity (Wildman–Crippen MR) is 35.0 cm³/mol. The van der Waals surface area contributed by atoms with Gasteiger partial charge in [0.05, 0.1) is 0 Å². The lowest BCUT2D eigenvalue weighted by molar-refractivity contribution is -0.116. The molecule has 0 aliphatic carbocycles. The normalized spacial score (nSPS) is 23.7. The largest absolute Gasteiger partial charge is 0.494 e. The summed E-state index contributed by atoms with van der Waals surface area (Å²) < 4.78 is 0. The average Bonchev–Trinajstić information content (AvgIpc) is 2.07. The van der Waals surface area contributed by atoms with Crippen LogP contribution in [0.15, 0.2) is 12.0 Å². The standard InChI is InChI=1S/C6H7NO4/c1-3-4(8)2-5(9)7(3)6(10)11/h2-3,9H,1H3,(H,10,11)/t3-/m0/s1. The highest BCUT2D eigenvalue weighted by Gasteiger charge is 2.33. The molecule has 1 heterocycles. The van der Waals surface area contributed by atoms with Crippen LogP contribution >= 0.6 is 0 Å². The zero-order valence-electron chi connectivity index (χ0n) is 5.81. The van der Waals surface area contributed by atoms with Gasteiger partial charge in [-0.1, -0.05) is 0 Å². The maximum absolute atomic E-state index is 10.8. The Bertz CT molecular complexity index is 245. The van der Waals surface area contributed by atoms with Gasteiger partial charge in [0, 0.05) is 6.08 Å². The van der Waals surface area contributed by atoms with Gasteiger partial charge in [-0.25, -0.2) is 9.69 Å². The Kier molecular flexibility index (Phi) is 1.56. The molecule has 0 saturated carbocycles. The zero-order chi connectivity index (χ0) is 8.59. The molecule has 11 heavy (non-hydrogen) atoms. The highest BCUT2D eigenvalue weighted by atomic mass is 16.4. The summed E-state index contributed by atoms with van der Waals surface area (Å²) in [7, 11) is 0. The van der Waals surface area contributed by atoms with E-state index in [2.05, 4.69) is 0 Å². The van der Waals surface area contributed by atoms with Crippen LogP contribution in [0, 0.1) is 0 Å². The van der Waals surface area contributed by atoms with Crippen LogP contribution in [0.1, 0.15) is 6.92 Å². The summed E-state index contributed by atoms with van der Waals surface area (Å²) in [5, 5.41) is 17.3. The fraction of sp³-hybridized carbons (Fsp3) is 0.333. The molecular weight excluding hydrogens is 150 g/mol. The fourth-order valence-corrected chi connectivity index (χ4v) is 0.907. The highest BCUT2D eigenvalue weighted by Crippen LogP contribution is 2.16. The van der Waals surface area contributed by atoms with Crippen molar-refractivity contribution in [3.05, 3.63) is 12.0 Å². The van der Waals surface area contributed by atoms with Gasteiger partial charge in [-0.15, -0.1) is 0 Å². The maximum atomic E-state index is 10.8. The summed E-state index contributed by atoms with van der Waals surface area (Å²) in [5.41, 5.74) is 0. The van der Waals surface area contributed by atoms with Gasteiger partial charge in [-0.2, -0.15) is 0 Å². The molecule has 1 aliphatic heterocycles. The van der Waals surface area contributed by atoms with Crippen LogP contribution in [0.3, 0.4) is 0 Å². The first kappa shape index (κ1) is 7.59. The molecular formula is C6H7NO4. The van der Waals surface area contributed by atoms with E-state index in [4.69, 9.17) is 10.2 Å². The van der Waals surface area contributed by atoms with Crippen molar-refractivity contribution in [1.29, 1.82) is 0 Å². The van der Waals surface area contributed by atoms with Gasteiger partial charge < -0.3 is 10.2 Å². The fourth-order valence-electron chi connectivity index (χ4n) is 0.907. The van der Waals surface area contributed by atoms with Gasteiger partial charge in [0.1, 0.15) is 6.04 Å². The molecule has 1 aliphatic rings. The number of nitrogens with zero attached hydrogens (tertiary/aromatic N) is 1. The Labute approximate surface area is 62.5 Å². The smallest absolute Gasteiger partial charge is 0.414 e. The van der Waals surface area contributed by atoms with Crippen molar-refractivity contribution in [2.45, 2.75) is 13.0 Å². The minimum Gasteiger partial charge on any atom is -0.494 e. The number of carboxylic acid groups (broad SMARTS) is 1. The monoisotopic (exact) mass is 157 g/mol. The van der Waals surface area contributed by atoms with Crippen LogP contribution in [-0.2, 0) is 4.79 Å². The van der Waals surface area contributed by atoms with Crippen LogP contribution < -0.4 is 0 Å². The molecule has 0 aromatic rings. The molecule has 1 rings (SSSR count). The first-order valence-corrected chi connectivity index (χ1v) is 3.00. The Hall–Kier alpha value is -1.52. The molecule has 0 saturated heterocycles. The Morgan fingerprint density at radius 1 is 1.73 bits per heavy atom. The Morgan fingerprint density at radius 3 is 2.45 bits per heavy atom. The third-order valence-electron chi connectivity index (χ3n) is 1.52. The van der Waals surface area contributed by atoms with Crippen molar-refractivity contribution in [3.8, 4) is 0 Å². The lowest BCUT2D eigenvalue weighted by Crippen LogP contribution is -2.35. The van der Waals surface area contributed by atoms with Crippen LogP contribution in [-0.4, -0.2) is 33.0 Å². The van der Waals surface area contributed by atoms with E-state index >= 15 is 0 Å². The van der Waals surface area contributed by atoms with Crippen molar-refractivity contribution >= 4 is 11.9 Å². The maximum Gasteiger partial charge on any atom is 0.414 e. The summed E-state index contributed by atoms with van der Waals surface area (Å²) in [4.78, 5) is 21.7. The third kappa shape index (κ3) is 1.04. The Balaban J connectivity index is 2.91. The number of carbonyl (C=O) groups excluding carboxylic acids is 1. The minimum atomic E-state index is -1.32. The second kappa shape index (κ2) is 2.26. The highest BCUT2D eigenvalue weighted by molar-refractivity contribution is 5.99. The predicted octanol–water partition coefficient (Wildman–Crippen LogP) is 0.337. The van der Waals surface area contributed by atoms with Crippen molar-refractivity contribution in [2.75, 3.05) is 0 Å². The van der Waals surface area contributed by atoms with E-state index in [1.54, 1.807) is 0 Å². The van der Waals surface area contributed by atoms with Crippen molar-refractivity contribution in [2.24, 2.45) is 0 Å².